The lowest BCUT2D eigenvalue weighted by atomic mass is 10.1. The van der Waals surface area contributed by atoms with Crippen LogP contribution >= 0.6 is 11.3 Å². The number of aromatic nitrogens is 2. The summed E-state index contributed by atoms with van der Waals surface area (Å²) in [5.74, 6) is 0. The smallest absolute Gasteiger partial charge is 0.207 e. The molecule has 2 aromatic rings. The van der Waals surface area contributed by atoms with Gasteiger partial charge in [0, 0.05) is 0 Å². The van der Waals surface area contributed by atoms with Crippen molar-refractivity contribution < 1.29 is 8.42 Å². The Morgan fingerprint density at radius 1 is 1.16 bits per heavy atom. The SMILES string of the molecule is Cc1nnc(CNS(=O)(=O)c2ccc(C)c(C)c2)s1. The number of sulfonamides is 1. The van der Waals surface area contributed by atoms with Crippen molar-refractivity contribution in [2.45, 2.75) is 32.2 Å². The van der Waals surface area contributed by atoms with Crippen LogP contribution in [-0.4, -0.2) is 18.6 Å². The van der Waals surface area contributed by atoms with Gasteiger partial charge in [-0.1, -0.05) is 6.07 Å². The molecule has 0 aliphatic carbocycles. The molecule has 0 saturated heterocycles. The quantitative estimate of drug-likeness (QED) is 0.936. The molecule has 1 aromatic heterocycles. The van der Waals surface area contributed by atoms with E-state index in [1.165, 1.54) is 11.3 Å². The second-order valence-electron chi connectivity index (χ2n) is 4.29. The van der Waals surface area contributed by atoms with E-state index in [2.05, 4.69) is 14.9 Å². The van der Waals surface area contributed by atoms with Crippen LogP contribution in [0, 0.1) is 20.8 Å². The first-order valence-corrected chi connectivity index (χ1v) is 8.04. The van der Waals surface area contributed by atoms with Crippen LogP contribution in [0.3, 0.4) is 0 Å². The molecule has 0 bridgehead atoms. The molecule has 0 radical (unpaired) electrons. The minimum atomic E-state index is -3.50. The van der Waals surface area contributed by atoms with E-state index in [9.17, 15) is 8.42 Å². The first-order chi connectivity index (χ1) is 8.88. The molecule has 0 atom stereocenters. The maximum Gasteiger partial charge on any atom is 0.240 e. The molecule has 5 nitrogen and oxygen atoms in total. The second-order valence-corrected chi connectivity index (χ2v) is 7.32. The highest BCUT2D eigenvalue weighted by Gasteiger charge is 2.15. The topological polar surface area (TPSA) is 72.0 Å². The van der Waals surface area contributed by atoms with Crippen molar-refractivity contribution in [3.8, 4) is 0 Å². The third-order valence-electron chi connectivity index (χ3n) is 2.77. The molecule has 0 unspecified atom stereocenters. The fourth-order valence-electron chi connectivity index (χ4n) is 1.53. The number of aryl methyl sites for hydroxylation is 3. The average Bonchev–Trinajstić information content (AvgIpc) is 2.76. The molecule has 0 amide bonds. The van der Waals surface area contributed by atoms with Crippen molar-refractivity contribution in [1.82, 2.24) is 14.9 Å². The number of nitrogens with one attached hydrogen (secondary N) is 1. The zero-order valence-corrected chi connectivity index (χ0v) is 12.6. The van der Waals surface area contributed by atoms with Crippen LogP contribution in [0.5, 0.6) is 0 Å². The zero-order chi connectivity index (χ0) is 14.0. The molecule has 0 fully saturated rings. The van der Waals surface area contributed by atoms with Gasteiger partial charge in [0.2, 0.25) is 10.0 Å². The van der Waals surface area contributed by atoms with E-state index in [1.54, 1.807) is 18.2 Å². The van der Waals surface area contributed by atoms with E-state index in [0.717, 1.165) is 16.1 Å². The second kappa shape index (κ2) is 5.36. The summed E-state index contributed by atoms with van der Waals surface area (Å²) >= 11 is 1.38. The Morgan fingerprint density at radius 3 is 2.47 bits per heavy atom. The zero-order valence-electron chi connectivity index (χ0n) is 11.0. The third kappa shape index (κ3) is 3.37. The standard InChI is InChI=1S/C12H15N3O2S2/c1-8-4-5-11(6-9(8)2)19(16,17)13-7-12-15-14-10(3)18-12/h4-6,13H,7H2,1-3H3. The van der Waals surface area contributed by atoms with Gasteiger partial charge < -0.3 is 0 Å². The van der Waals surface area contributed by atoms with E-state index in [0.29, 0.717) is 5.01 Å². The summed E-state index contributed by atoms with van der Waals surface area (Å²) in [5.41, 5.74) is 2.02. The third-order valence-corrected chi connectivity index (χ3v) is 5.01. The van der Waals surface area contributed by atoms with E-state index in [4.69, 9.17) is 0 Å². The van der Waals surface area contributed by atoms with Gasteiger partial charge in [-0.15, -0.1) is 21.5 Å². The number of hydrogen-bond donors (Lipinski definition) is 1. The molecule has 0 aliphatic heterocycles. The van der Waals surface area contributed by atoms with Crippen molar-refractivity contribution in [1.29, 1.82) is 0 Å². The summed E-state index contributed by atoms with van der Waals surface area (Å²) in [7, 11) is -3.50. The highest BCUT2D eigenvalue weighted by molar-refractivity contribution is 7.89. The van der Waals surface area contributed by atoms with Crippen molar-refractivity contribution >= 4 is 21.4 Å². The van der Waals surface area contributed by atoms with E-state index in [1.807, 2.05) is 20.8 Å². The Hall–Kier alpha value is -1.31. The van der Waals surface area contributed by atoms with Gasteiger partial charge in [-0.25, -0.2) is 13.1 Å². The Bertz CT molecular complexity index is 693. The summed E-state index contributed by atoms with van der Waals surface area (Å²) in [6, 6.07) is 5.08. The Labute approximate surface area is 116 Å². The van der Waals surface area contributed by atoms with Gasteiger partial charge in [-0.2, -0.15) is 0 Å². The molecule has 1 N–H and O–H groups in total. The molecular weight excluding hydrogens is 282 g/mol. The monoisotopic (exact) mass is 297 g/mol. The lowest BCUT2D eigenvalue weighted by Gasteiger charge is -2.07. The maximum atomic E-state index is 12.1. The minimum Gasteiger partial charge on any atom is -0.207 e. The molecule has 2 rings (SSSR count). The number of nitrogens with zero attached hydrogens (tertiary/aromatic N) is 2. The summed E-state index contributed by atoms with van der Waals surface area (Å²) < 4.78 is 26.8. The van der Waals surface area contributed by atoms with E-state index < -0.39 is 10.0 Å². The molecule has 102 valence electrons. The molecule has 0 spiro atoms. The van der Waals surface area contributed by atoms with Crippen molar-refractivity contribution in [3.63, 3.8) is 0 Å². The van der Waals surface area contributed by atoms with Crippen LogP contribution in [0.15, 0.2) is 23.1 Å². The van der Waals surface area contributed by atoms with Gasteiger partial charge >= 0.3 is 0 Å². The van der Waals surface area contributed by atoms with Gasteiger partial charge in [0.1, 0.15) is 10.0 Å². The van der Waals surface area contributed by atoms with Gasteiger partial charge in [-0.3, -0.25) is 0 Å². The van der Waals surface area contributed by atoms with E-state index in [-0.39, 0.29) is 11.4 Å². The summed E-state index contributed by atoms with van der Waals surface area (Å²) in [6.07, 6.45) is 0. The van der Waals surface area contributed by atoms with Crippen LogP contribution in [0.4, 0.5) is 0 Å². The number of rotatable bonds is 4. The predicted octanol–water partition coefficient (Wildman–Crippen LogP) is 1.94. The normalized spacial score (nSPS) is 11.7. The first kappa shape index (κ1) is 14.1. The van der Waals surface area contributed by atoms with Crippen LogP contribution < -0.4 is 4.72 Å². The largest absolute Gasteiger partial charge is 0.240 e. The van der Waals surface area contributed by atoms with Crippen LogP contribution in [-0.2, 0) is 16.6 Å². The summed E-state index contributed by atoms with van der Waals surface area (Å²) in [4.78, 5) is 0.275. The number of benzene rings is 1. The number of hydrogen-bond acceptors (Lipinski definition) is 5. The highest BCUT2D eigenvalue weighted by atomic mass is 32.2. The van der Waals surface area contributed by atoms with Gasteiger partial charge in [-0.05, 0) is 44.0 Å². The Morgan fingerprint density at radius 2 is 1.89 bits per heavy atom. The first-order valence-electron chi connectivity index (χ1n) is 5.74. The average molecular weight is 297 g/mol. The van der Waals surface area contributed by atoms with Gasteiger partial charge in [0.25, 0.3) is 0 Å². The van der Waals surface area contributed by atoms with Gasteiger partial charge in [0.15, 0.2) is 0 Å². The lowest BCUT2D eigenvalue weighted by Crippen LogP contribution is -2.23. The summed E-state index contributed by atoms with van der Waals surface area (Å²) in [6.45, 7) is 5.84. The lowest BCUT2D eigenvalue weighted by molar-refractivity contribution is 0.580. The predicted molar refractivity (Wildman–Crippen MR) is 74.6 cm³/mol. The van der Waals surface area contributed by atoms with Crippen molar-refractivity contribution in [2.75, 3.05) is 0 Å². The maximum absolute atomic E-state index is 12.1. The summed E-state index contributed by atoms with van der Waals surface area (Å²) in [5, 5.41) is 9.21. The highest BCUT2D eigenvalue weighted by Crippen LogP contribution is 2.15. The van der Waals surface area contributed by atoms with Crippen LogP contribution in [0.25, 0.3) is 0 Å². The van der Waals surface area contributed by atoms with Crippen molar-refractivity contribution in [3.05, 3.63) is 39.3 Å². The minimum absolute atomic E-state index is 0.167. The molecule has 19 heavy (non-hydrogen) atoms. The fourth-order valence-corrected chi connectivity index (χ4v) is 3.34. The van der Waals surface area contributed by atoms with Crippen LogP contribution in [0.2, 0.25) is 0 Å². The van der Waals surface area contributed by atoms with Crippen LogP contribution in [0.1, 0.15) is 21.1 Å². The Kier molecular flexibility index (Phi) is 3.98. The fraction of sp³-hybridized carbons (Fsp3) is 0.333. The Balaban J connectivity index is 2.16. The molecular formula is C12H15N3O2S2. The molecule has 0 saturated carbocycles. The molecule has 1 heterocycles. The van der Waals surface area contributed by atoms with E-state index >= 15 is 0 Å². The molecule has 1 aromatic carbocycles. The van der Waals surface area contributed by atoms with Crippen molar-refractivity contribution in [2.24, 2.45) is 0 Å². The van der Waals surface area contributed by atoms with Gasteiger partial charge in [0.05, 0.1) is 11.4 Å². The molecule has 0 aliphatic rings. The molecule has 7 heteroatoms.